The number of piperidine rings is 1. The molecule has 1 amide bonds. The van der Waals surface area contributed by atoms with Crippen LogP contribution in [0.25, 0.3) is 0 Å². The SMILES string of the molecule is CC1CC(C)C(C)N(C(=O)CNCC(F)(F)F)C1. The van der Waals surface area contributed by atoms with Crippen molar-refractivity contribution < 1.29 is 18.0 Å². The lowest BCUT2D eigenvalue weighted by atomic mass is 9.86. The Bertz CT molecular complexity index is 294. The van der Waals surface area contributed by atoms with E-state index in [0.717, 1.165) is 6.42 Å². The summed E-state index contributed by atoms with van der Waals surface area (Å²) in [6.07, 6.45) is -3.21. The third kappa shape index (κ3) is 4.48. The summed E-state index contributed by atoms with van der Waals surface area (Å²) in [6.45, 7) is 5.36. The summed E-state index contributed by atoms with van der Waals surface area (Å²) in [4.78, 5) is 13.6. The van der Waals surface area contributed by atoms with E-state index in [1.807, 2.05) is 6.92 Å². The highest BCUT2D eigenvalue weighted by Gasteiger charge is 2.32. The Morgan fingerprint density at radius 1 is 1.33 bits per heavy atom. The van der Waals surface area contributed by atoms with Crippen molar-refractivity contribution in [3.05, 3.63) is 0 Å². The van der Waals surface area contributed by atoms with Crippen LogP contribution in [-0.4, -0.2) is 42.7 Å². The number of amides is 1. The molecule has 0 saturated carbocycles. The minimum absolute atomic E-state index is 0.0985. The number of rotatable bonds is 3. The second-order valence-electron chi connectivity index (χ2n) is 5.32. The van der Waals surface area contributed by atoms with Gasteiger partial charge in [-0.05, 0) is 25.2 Å². The third-order valence-corrected chi connectivity index (χ3v) is 3.52. The van der Waals surface area contributed by atoms with Gasteiger partial charge in [-0.1, -0.05) is 13.8 Å². The molecule has 106 valence electrons. The number of carbonyl (C=O) groups is 1. The smallest absolute Gasteiger partial charge is 0.338 e. The van der Waals surface area contributed by atoms with Crippen LogP contribution >= 0.6 is 0 Å². The van der Waals surface area contributed by atoms with Crippen molar-refractivity contribution >= 4 is 5.91 Å². The first-order chi connectivity index (χ1) is 8.20. The van der Waals surface area contributed by atoms with Crippen molar-refractivity contribution in [3.63, 3.8) is 0 Å². The van der Waals surface area contributed by atoms with Crippen molar-refractivity contribution in [3.8, 4) is 0 Å². The Kier molecular flexibility index (Phi) is 5.01. The average Bonchev–Trinajstić information content (AvgIpc) is 2.21. The van der Waals surface area contributed by atoms with Crippen LogP contribution in [-0.2, 0) is 4.79 Å². The highest BCUT2D eigenvalue weighted by atomic mass is 19.4. The molecule has 1 aliphatic heterocycles. The lowest BCUT2D eigenvalue weighted by Gasteiger charge is -2.41. The van der Waals surface area contributed by atoms with E-state index >= 15 is 0 Å². The molecule has 18 heavy (non-hydrogen) atoms. The summed E-state index contributed by atoms with van der Waals surface area (Å²) < 4.78 is 35.9. The molecule has 3 atom stereocenters. The number of alkyl halides is 3. The van der Waals surface area contributed by atoms with E-state index in [9.17, 15) is 18.0 Å². The molecule has 1 heterocycles. The van der Waals surface area contributed by atoms with Crippen LogP contribution < -0.4 is 5.32 Å². The maximum atomic E-state index is 12.0. The summed E-state index contributed by atoms with van der Waals surface area (Å²) in [7, 11) is 0. The van der Waals surface area contributed by atoms with E-state index in [4.69, 9.17) is 0 Å². The van der Waals surface area contributed by atoms with E-state index in [1.165, 1.54) is 0 Å². The van der Waals surface area contributed by atoms with Gasteiger partial charge >= 0.3 is 6.18 Å². The van der Waals surface area contributed by atoms with Crippen LogP contribution in [0.5, 0.6) is 0 Å². The molecule has 0 aromatic rings. The Labute approximate surface area is 106 Å². The summed E-state index contributed by atoms with van der Waals surface area (Å²) in [6, 6.07) is 0.0985. The van der Waals surface area contributed by atoms with Gasteiger partial charge < -0.3 is 10.2 Å². The molecular weight excluding hydrogens is 245 g/mol. The van der Waals surface area contributed by atoms with Gasteiger partial charge in [-0.3, -0.25) is 4.79 Å². The zero-order chi connectivity index (χ0) is 13.9. The van der Waals surface area contributed by atoms with Gasteiger partial charge in [0.15, 0.2) is 0 Å². The largest absolute Gasteiger partial charge is 0.401 e. The van der Waals surface area contributed by atoms with Gasteiger partial charge in [0.1, 0.15) is 0 Å². The first kappa shape index (κ1) is 15.3. The van der Waals surface area contributed by atoms with Gasteiger partial charge in [-0.2, -0.15) is 13.2 Å². The number of nitrogens with zero attached hydrogens (tertiary/aromatic N) is 1. The van der Waals surface area contributed by atoms with Gasteiger partial charge in [0.05, 0.1) is 13.1 Å². The van der Waals surface area contributed by atoms with Crippen LogP contribution in [0.4, 0.5) is 13.2 Å². The summed E-state index contributed by atoms with van der Waals surface area (Å²) in [5.41, 5.74) is 0. The molecule has 1 saturated heterocycles. The quantitative estimate of drug-likeness (QED) is 0.847. The molecule has 3 nitrogen and oxygen atoms in total. The highest BCUT2D eigenvalue weighted by molar-refractivity contribution is 5.78. The number of hydrogen-bond acceptors (Lipinski definition) is 2. The lowest BCUT2D eigenvalue weighted by Crippen LogP contribution is -2.51. The topological polar surface area (TPSA) is 32.3 Å². The zero-order valence-corrected chi connectivity index (χ0v) is 11.0. The lowest BCUT2D eigenvalue weighted by molar-refractivity contribution is -0.138. The van der Waals surface area contributed by atoms with E-state index in [2.05, 4.69) is 19.2 Å². The predicted octanol–water partition coefficient (Wildman–Crippen LogP) is 2.03. The van der Waals surface area contributed by atoms with Crippen LogP contribution in [0.2, 0.25) is 0 Å². The maximum absolute atomic E-state index is 12.0. The van der Waals surface area contributed by atoms with Crippen molar-refractivity contribution in [2.24, 2.45) is 11.8 Å². The van der Waals surface area contributed by atoms with E-state index < -0.39 is 12.7 Å². The molecular formula is C12H21F3N2O. The number of hydrogen-bond donors (Lipinski definition) is 1. The molecule has 0 radical (unpaired) electrons. The fourth-order valence-corrected chi connectivity index (χ4v) is 2.46. The average molecular weight is 266 g/mol. The first-order valence-corrected chi connectivity index (χ1v) is 6.27. The van der Waals surface area contributed by atoms with Gasteiger partial charge in [-0.15, -0.1) is 0 Å². The number of halogens is 3. The fraction of sp³-hybridized carbons (Fsp3) is 0.917. The predicted molar refractivity (Wildman–Crippen MR) is 63.0 cm³/mol. The van der Waals surface area contributed by atoms with Crippen molar-refractivity contribution in [2.45, 2.75) is 39.4 Å². The standard InChI is InChI=1S/C12H21F3N2O/c1-8-4-9(2)10(3)17(6-8)11(18)5-16-7-12(13,14)15/h8-10,16H,4-7H2,1-3H3. The summed E-state index contributed by atoms with van der Waals surface area (Å²) >= 11 is 0. The van der Waals surface area contributed by atoms with Gasteiger partial charge in [0.25, 0.3) is 0 Å². The Hall–Kier alpha value is -0.780. The summed E-state index contributed by atoms with van der Waals surface area (Å²) in [5.74, 6) is 0.549. The van der Waals surface area contributed by atoms with E-state index in [-0.39, 0.29) is 18.5 Å². The Morgan fingerprint density at radius 3 is 2.50 bits per heavy atom. The van der Waals surface area contributed by atoms with Gasteiger partial charge in [-0.25, -0.2) is 0 Å². The highest BCUT2D eigenvalue weighted by Crippen LogP contribution is 2.26. The van der Waals surface area contributed by atoms with Crippen molar-refractivity contribution in [1.29, 1.82) is 0 Å². The van der Waals surface area contributed by atoms with Crippen LogP contribution in [0.3, 0.4) is 0 Å². The van der Waals surface area contributed by atoms with E-state index in [0.29, 0.717) is 18.4 Å². The van der Waals surface area contributed by atoms with Crippen LogP contribution in [0.15, 0.2) is 0 Å². The molecule has 0 aliphatic carbocycles. The van der Waals surface area contributed by atoms with Gasteiger partial charge in [0, 0.05) is 12.6 Å². The second-order valence-corrected chi connectivity index (χ2v) is 5.32. The number of nitrogens with one attached hydrogen (secondary N) is 1. The molecule has 1 fully saturated rings. The zero-order valence-electron chi connectivity index (χ0n) is 11.0. The molecule has 3 unspecified atom stereocenters. The monoisotopic (exact) mass is 266 g/mol. The number of carbonyl (C=O) groups excluding carboxylic acids is 1. The van der Waals surface area contributed by atoms with Crippen LogP contribution in [0, 0.1) is 11.8 Å². The van der Waals surface area contributed by atoms with Crippen molar-refractivity contribution in [1.82, 2.24) is 10.2 Å². The Morgan fingerprint density at radius 2 is 1.94 bits per heavy atom. The molecule has 1 N–H and O–H groups in total. The molecule has 1 aliphatic rings. The first-order valence-electron chi connectivity index (χ1n) is 6.27. The van der Waals surface area contributed by atoms with Gasteiger partial charge in [0.2, 0.25) is 5.91 Å². The third-order valence-electron chi connectivity index (χ3n) is 3.52. The fourth-order valence-electron chi connectivity index (χ4n) is 2.46. The van der Waals surface area contributed by atoms with Crippen LogP contribution in [0.1, 0.15) is 27.2 Å². The minimum Gasteiger partial charge on any atom is -0.338 e. The molecule has 0 spiro atoms. The van der Waals surface area contributed by atoms with E-state index in [1.54, 1.807) is 4.90 Å². The van der Waals surface area contributed by atoms with Crippen molar-refractivity contribution in [2.75, 3.05) is 19.6 Å². The normalized spacial score (nSPS) is 29.4. The molecule has 0 bridgehead atoms. The maximum Gasteiger partial charge on any atom is 0.401 e. The number of likely N-dealkylation sites (tertiary alicyclic amines) is 1. The molecule has 0 aromatic heterocycles. The summed E-state index contributed by atoms with van der Waals surface area (Å²) in [5, 5.41) is 2.16. The minimum atomic E-state index is -4.27. The molecule has 1 rings (SSSR count). The molecule has 0 aromatic carbocycles. The molecule has 6 heteroatoms. The second kappa shape index (κ2) is 5.91. The Balaban J connectivity index is 2.45.